The third kappa shape index (κ3) is 2.40. The number of aryl methyl sites for hydroxylation is 1. The highest BCUT2D eigenvalue weighted by Gasteiger charge is 2.00. The van der Waals surface area contributed by atoms with Gasteiger partial charge in [-0.25, -0.2) is 0 Å². The third-order valence-electron chi connectivity index (χ3n) is 1.90. The van der Waals surface area contributed by atoms with Gasteiger partial charge in [-0.05, 0) is 6.92 Å². The van der Waals surface area contributed by atoms with Crippen molar-refractivity contribution < 1.29 is 9.90 Å². The minimum Gasteiger partial charge on any atom is -0.483 e. The first-order valence-electron chi connectivity index (χ1n) is 4.26. The lowest BCUT2D eigenvalue weighted by molar-refractivity contribution is -0.122. The molecule has 0 aliphatic heterocycles. The van der Waals surface area contributed by atoms with Crippen molar-refractivity contribution in [3.05, 3.63) is 30.0 Å². The Morgan fingerprint density at radius 3 is 2.33 bits per heavy atom. The van der Waals surface area contributed by atoms with Crippen LogP contribution in [0, 0.1) is 6.92 Å². The van der Waals surface area contributed by atoms with Gasteiger partial charge in [0.15, 0.2) is 5.82 Å². The van der Waals surface area contributed by atoms with Gasteiger partial charge in [-0.15, -0.1) is 5.10 Å². The quantitative estimate of drug-likeness (QED) is 0.631. The van der Waals surface area contributed by atoms with E-state index in [0.717, 1.165) is 16.5 Å². The van der Waals surface area contributed by atoms with Crippen LogP contribution in [0.1, 0.15) is 5.69 Å². The predicted octanol–water partition coefficient (Wildman–Crippen LogP) is 1.22. The van der Waals surface area contributed by atoms with Gasteiger partial charge < -0.3 is 10.8 Å². The van der Waals surface area contributed by atoms with Gasteiger partial charge in [-0.3, -0.25) is 4.79 Å². The highest BCUT2D eigenvalue weighted by molar-refractivity contribution is 5.91. The largest absolute Gasteiger partial charge is 0.483 e. The van der Waals surface area contributed by atoms with E-state index in [4.69, 9.17) is 15.6 Å². The Bertz CT molecular complexity index is 431. The van der Waals surface area contributed by atoms with Crippen molar-refractivity contribution in [3.8, 4) is 0 Å². The molecule has 0 unspecified atom stereocenters. The molecule has 0 saturated carbocycles. The summed E-state index contributed by atoms with van der Waals surface area (Å²) in [5.41, 5.74) is 6.57. The Labute approximate surface area is 86.6 Å². The maximum Gasteiger partial charge on any atom is 0.290 e. The van der Waals surface area contributed by atoms with Crippen LogP contribution >= 0.6 is 0 Å². The number of nitrogens with two attached hydrogens (primary N) is 1. The SMILES string of the molecule is Cc1nnc(N)c2ccccc12.O=CO. The fourth-order valence-corrected chi connectivity index (χ4v) is 1.26. The zero-order chi connectivity index (χ0) is 11.3. The Morgan fingerprint density at radius 1 is 1.27 bits per heavy atom. The highest BCUT2D eigenvalue weighted by Crippen LogP contribution is 2.19. The van der Waals surface area contributed by atoms with Crippen LogP contribution < -0.4 is 5.73 Å². The number of anilines is 1. The highest BCUT2D eigenvalue weighted by atomic mass is 16.3. The van der Waals surface area contributed by atoms with Crippen molar-refractivity contribution in [1.29, 1.82) is 0 Å². The van der Waals surface area contributed by atoms with Crippen molar-refractivity contribution in [2.75, 3.05) is 5.73 Å². The van der Waals surface area contributed by atoms with Crippen molar-refractivity contribution in [3.63, 3.8) is 0 Å². The second kappa shape index (κ2) is 4.90. The summed E-state index contributed by atoms with van der Waals surface area (Å²) in [6.07, 6.45) is 0. The molecule has 3 N–H and O–H groups in total. The molecule has 78 valence electrons. The van der Waals surface area contributed by atoms with Crippen LogP contribution in [-0.4, -0.2) is 21.8 Å². The molecule has 0 fully saturated rings. The van der Waals surface area contributed by atoms with Gasteiger partial charge in [-0.1, -0.05) is 24.3 Å². The number of nitrogens with zero attached hydrogens (tertiary/aromatic N) is 2. The van der Waals surface area contributed by atoms with Crippen LogP contribution in [0.2, 0.25) is 0 Å². The number of carboxylic acid groups (broad SMARTS) is 1. The van der Waals surface area contributed by atoms with Gasteiger partial charge in [-0.2, -0.15) is 5.10 Å². The molecule has 0 spiro atoms. The summed E-state index contributed by atoms with van der Waals surface area (Å²) in [6.45, 7) is 1.68. The average Bonchev–Trinajstić information content (AvgIpc) is 2.25. The molecule has 0 amide bonds. The Balaban J connectivity index is 0.000000337. The first kappa shape index (κ1) is 10.9. The number of aromatic nitrogens is 2. The first-order chi connectivity index (χ1) is 7.20. The van der Waals surface area contributed by atoms with Crippen LogP contribution in [0.4, 0.5) is 5.82 Å². The lowest BCUT2D eigenvalue weighted by Gasteiger charge is -2.01. The van der Waals surface area contributed by atoms with Crippen LogP contribution in [0.15, 0.2) is 24.3 Å². The van der Waals surface area contributed by atoms with E-state index >= 15 is 0 Å². The van der Waals surface area contributed by atoms with Crippen molar-refractivity contribution >= 4 is 23.1 Å². The predicted molar refractivity (Wildman–Crippen MR) is 57.4 cm³/mol. The van der Waals surface area contributed by atoms with Crippen LogP contribution in [-0.2, 0) is 4.79 Å². The van der Waals surface area contributed by atoms with E-state index < -0.39 is 0 Å². The molecular formula is C10H11N3O2. The molecule has 0 radical (unpaired) electrons. The first-order valence-corrected chi connectivity index (χ1v) is 4.26. The molecule has 2 aromatic rings. The van der Waals surface area contributed by atoms with Gasteiger partial charge in [0.05, 0.1) is 5.69 Å². The summed E-state index contributed by atoms with van der Waals surface area (Å²) < 4.78 is 0. The molecule has 2 rings (SSSR count). The van der Waals surface area contributed by atoms with E-state index in [1.165, 1.54) is 0 Å². The normalized spacial score (nSPS) is 9.13. The molecule has 0 aliphatic rings. The molecule has 0 atom stereocenters. The van der Waals surface area contributed by atoms with Gasteiger partial charge >= 0.3 is 0 Å². The average molecular weight is 205 g/mol. The van der Waals surface area contributed by atoms with Crippen molar-refractivity contribution in [1.82, 2.24) is 10.2 Å². The lowest BCUT2D eigenvalue weighted by atomic mass is 10.1. The third-order valence-corrected chi connectivity index (χ3v) is 1.90. The Kier molecular flexibility index (Phi) is 3.56. The van der Waals surface area contributed by atoms with Gasteiger partial charge in [0.1, 0.15) is 0 Å². The molecule has 1 heterocycles. The summed E-state index contributed by atoms with van der Waals surface area (Å²) in [5.74, 6) is 0.496. The minimum absolute atomic E-state index is 0.250. The number of hydrogen-bond acceptors (Lipinski definition) is 4. The standard InChI is InChI=1S/C9H9N3.CH2O2/c1-6-7-4-2-3-5-8(7)9(10)12-11-6;2-1-3/h2-5H,1H3,(H2,10,12);1H,(H,2,3). The second-order valence-corrected chi connectivity index (χ2v) is 2.82. The number of benzene rings is 1. The van der Waals surface area contributed by atoms with E-state index in [9.17, 15) is 0 Å². The van der Waals surface area contributed by atoms with Crippen LogP contribution in [0.25, 0.3) is 10.8 Å². The second-order valence-electron chi connectivity index (χ2n) is 2.82. The fraction of sp³-hybridized carbons (Fsp3) is 0.100. The van der Waals surface area contributed by atoms with Crippen molar-refractivity contribution in [2.24, 2.45) is 0 Å². The topological polar surface area (TPSA) is 89.1 Å². The lowest BCUT2D eigenvalue weighted by Crippen LogP contribution is -1.96. The molecule has 0 bridgehead atoms. The van der Waals surface area contributed by atoms with Crippen LogP contribution in [0.3, 0.4) is 0 Å². The molecule has 1 aromatic carbocycles. The van der Waals surface area contributed by atoms with Gasteiger partial charge in [0.2, 0.25) is 0 Å². The molecule has 0 saturated heterocycles. The van der Waals surface area contributed by atoms with E-state index in [-0.39, 0.29) is 6.47 Å². The summed E-state index contributed by atoms with van der Waals surface area (Å²) >= 11 is 0. The summed E-state index contributed by atoms with van der Waals surface area (Å²) in [7, 11) is 0. The Hall–Kier alpha value is -2.17. The van der Waals surface area contributed by atoms with Crippen molar-refractivity contribution in [2.45, 2.75) is 6.92 Å². The molecule has 15 heavy (non-hydrogen) atoms. The van der Waals surface area contributed by atoms with Gasteiger partial charge in [0.25, 0.3) is 6.47 Å². The van der Waals surface area contributed by atoms with E-state index in [2.05, 4.69) is 10.2 Å². The molecule has 1 aromatic heterocycles. The maximum absolute atomic E-state index is 8.36. The maximum atomic E-state index is 8.36. The number of fused-ring (bicyclic) bond motifs is 1. The zero-order valence-corrected chi connectivity index (χ0v) is 8.21. The number of carbonyl (C=O) groups is 1. The molecular weight excluding hydrogens is 194 g/mol. The summed E-state index contributed by atoms with van der Waals surface area (Å²) in [6, 6.07) is 7.86. The summed E-state index contributed by atoms with van der Waals surface area (Å²) in [5, 5.41) is 16.7. The minimum atomic E-state index is -0.250. The Morgan fingerprint density at radius 2 is 1.80 bits per heavy atom. The number of hydrogen-bond donors (Lipinski definition) is 2. The molecule has 5 heteroatoms. The van der Waals surface area contributed by atoms with Gasteiger partial charge in [0, 0.05) is 10.8 Å². The molecule has 0 aliphatic carbocycles. The smallest absolute Gasteiger partial charge is 0.290 e. The monoisotopic (exact) mass is 205 g/mol. The van der Waals surface area contributed by atoms with E-state index in [1.807, 2.05) is 31.2 Å². The van der Waals surface area contributed by atoms with E-state index in [0.29, 0.717) is 5.82 Å². The molecule has 5 nitrogen and oxygen atoms in total. The zero-order valence-electron chi connectivity index (χ0n) is 8.21. The van der Waals surface area contributed by atoms with Crippen LogP contribution in [0.5, 0.6) is 0 Å². The summed E-state index contributed by atoms with van der Waals surface area (Å²) in [4.78, 5) is 8.36. The van der Waals surface area contributed by atoms with E-state index in [1.54, 1.807) is 0 Å². The fourth-order valence-electron chi connectivity index (χ4n) is 1.26. The number of nitrogen functional groups attached to an aromatic ring is 1. The number of rotatable bonds is 0.